The van der Waals surface area contributed by atoms with Gasteiger partial charge in [-0.25, -0.2) is 4.57 Å². The van der Waals surface area contributed by atoms with E-state index >= 15 is 0 Å². The molecule has 1 fully saturated rings. The Morgan fingerprint density at radius 1 is 0.644 bits per heavy atom. The number of carbonyl (C=O) groups excluding carboxylic acids is 3. The van der Waals surface area contributed by atoms with Crippen molar-refractivity contribution in [1.82, 2.24) is 9.80 Å². The third-order valence-electron chi connectivity index (χ3n) is 18.2. The monoisotopic (exact) mass is 1450 g/mol. The zero-order valence-electron chi connectivity index (χ0n) is 57.2. The molecule has 0 saturated carbocycles. The fraction of sp³-hybridized carbons (Fsp3) is 0.378. The van der Waals surface area contributed by atoms with E-state index in [0.29, 0.717) is 104 Å². The summed E-state index contributed by atoms with van der Waals surface area (Å²) in [5.41, 5.74) is 16.2. The van der Waals surface area contributed by atoms with Crippen LogP contribution in [0.4, 0.5) is 17.1 Å². The van der Waals surface area contributed by atoms with Gasteiger partial charge < -0.3 is 86.1 Å². The van der Waals surface area contributed by atoms with E-state index in [4.69, 9.17) is 66.5 Å². The van der Waals surface area contributed by atoms with Crippen LogP contribution in [0.1, 0.15) is 71.7 Å². The van der Waals surface area contributed by atoms with Gasteiger partial charge in [-0.2, -0.15) is 0 Å². The molecule has 7 aromatic rings. The van der Waals surface area contributed by atoms with Gasteiger partial charge in [0.05, 0.1) is 102 Å². The first kappa shape index (κ1) is 73.5. The molecule has 7 atom stereocenters. The Kier molecular flexibility index (Phi) is 24.3. The predicted octanol–water partition coefficient (Wildman–Crippen LogP) is 6.77. The van der Waals surface area contributed by atoms with Crippen LogP contribution in [0.25, 0.3) is 10.4 Å². The molecule has 6 aromatic carbocycles. The lowest BCUT2D eigenvalue weighted by molar-refractivity contribution is -0.688. The van der Waals surface area contributed by atoms with Gasteiger partial charge in [-0.3, -0.25) is 24.4 Å². The van der Waals surface area contributed by atoms with E-state index < -0.39 is 59.2 Å². The number of methoxy groups -OCH3 is 2. The van der Waals surface area contributed by atoms with Gasteiger partial charge in [0.25, 0.3) is 11.8 Å². The minimum absolute atomic E-state index is 0.0132. The van der Waals surface area contributed by atoms with Crippen LogP contribution in [-0.4, -0.2) is 205 Å². The number of amides is 2. The molecular formula is C74H80N9O20S+. The second kappa shape index (κ2) is 34.4. The summed E-state index contributed by atoms with van der Waals surface area (Å²) in [5.74, 6) is -0.259. The smallest absolute Gasteiger partial charge is 0.493 e. The number of Topliss-reactive ketones (excluding diaryl/α,β-unsaturated/α-hetero) is 1. The summed E-state index contributed by atoms with van der Waals surface area (Å²) < 4.78 is 92.6. The number of aliphatic imine (C=N–C) groups is 2. The van der Waals surface area contributed by atoms with Gasteiger partial charge in [0.15, 0.2) is 59.2 Å². The standard InChI is InChI=1S/C74H80N9O20S/c1-93-63-37-57-59(76-41-54-34-48-8-3-5-10-51(48)44-82(54)72(57)89)39-65(63)98-28-24-81(25-29-99-66-40-60-58(38-64(66)94-2)73(90)83-45-52-11-6-4-9-49(52)35-55(83)42-77-60)53-19-22-80(23-20-53)43-47-13-16-56(17-14-47)102-104(91,92)103-67-36-50(15-18-62(67)100-74-71(88)70(87)69(86)68(46-84)101-74)61(85)12-7-26-95-30-32-97-33-31-96-27-21-78-79-75/h3-6,8-11,13-20,22-23,36-42,54-55,68-71,74,84,86-88H,7,12,21,24-35,43-46H2,1-2H3/q+1/t54-,55?,68+,69-,70-,71+,74?/m0/s1. The Labute approximate surface area is 599 Å². The maximum Gasteiger partial charge on any atom is 0.501 e. The molecule has 0 aliphatic carbocycles. The van der Waals surface area contributed by atoms with Gasteiger partial charge in [-0.1, -0.05) is 53.6 Å². The Bertz CT molecular complexity index is 4280. The highest BCUT2D eigenvalue weighted by molar-refractivity contribution is 7.82. The van der Waals surface area contributed by atoms with Crippen LogP contribution in [0.5, 0.6) is 40.2 Å². The van der Waals surface area contributed by atoms with Crippen molar-refractivity contribution in [3.8, 4) is 40.2 Å². The average Bonchev–Trinajstić information content (AvgIpc) is 1.64. The number of hydrogen-bond acceptors (Lipinski definition) is 24. The van der Waals surface area contributed by atoms with Crippen LogP contribution in [0.3, 0.4) is 0 Å². The lowest BCUT2D eigenvalue weighted by atomic mass is 9.94. The van der Waals surface area contributed by atoms with E-state index in [1.54, 1.807) is 36.4 Å². The molecule has 30 heteroatoms. The highest BCUT2D eigenvalue weighted by Crippen LogP contribution is 2.41. The first-order valence-electron chi connectivity index (χ1n) is 34.0. The molecule has 546 valence electrons. The van der Waals surface area contributed by atoms with Crippen molar-refractivity contribution in [2.75, 3.05) is 98.2 Å². The molecule has 0 spiro atoms. The predicted molar refractivity (Wildman–Crippen MR) is 376 cm³/mol. The SMILES string of the molecule is COc1cc2c(cc1OCCN(CCOc1cc3c(cc1OC)C(=O)N1Cc4ccccc4C[C@H]1C=N3)c1cc[n+](Cc3ccc(OS(=O)(=O)Oc4cc(C(=O)CCCOCCOCCOCCN=[N+]=[N-])ccc4OC4O[C@H](CO)[C@H](O)[C@H](O)[C@H]4O)cc3)cc1)N=CC1Cc3ccccc3CN1C2=O. The highest BCUT2D eigenvalue weighted by atomic mass is 32.3. The van der Waals surface area contributed by atoms with Crippen LogP contribution >= 0.6 is 0 Å². The van der Waals surface area contributed by atoms with E-state index in [-0.39, 0.29) is 100.0 Å². The normalized spacial score (nSPS) is 19.3. The summed E-state index contributed by atoms with van der Waals surface area (Å²) in [7, 11) is -1.97. The molecule has 2 amide bonds. The minimum Gasteiger partial charge on any atom is -0.493 e. The molecule has 6 heterocycles. The molecule has 104 heavy (non-hydrogen) atoms. The van der Waals surface area contributed by atoms with Gasteiger partial charge in [0.1, 0.15) is 43.4 Å². The number of ether oxygens (including phenoxy) is 9. The Balaban J connectivity index is 0.712. The Morgan fingerprint density at radius 3 is 1.76 bits per heavy atom. The lowest BCUT2D eigenvalue weighted by Gasteiger charge is -2.39. The summed E-state index contributed by atoms with van der Waals surface area (Å²) in [6, 6.07) is 36.3. The molecule has 0 bridgehead atoms. The molecule has 12 rings (SSSR count). The van der Waals surface area contributed by atoms with Gasteiger partial charge >= 0.3 is 10.4 Å². The average molecular weight is 1450 g/mol. The number of aliphatic hydroxyl groups excluding tert-OH is 4. The van der Waals surface area contributed by atoms with Crippen molar-refractivity contribution in [3.63, 3.8) is 0 Å². The number of pyridine rings is 1. The fourth-order valence-electron chi connectivity index (χ4n) is 12.7. The van der Waals surface area contributed by atoms with Crippen LogP contribution in [-0.2, 0) is 61.8 Å². The van der Waals surface area contributed by atoms with Crippen molar-refractivity contribution in [2.24, 2.45) is 15.1 Å². The molecule has 0 radical (unpaired) electrons. The number of ketones is 1. The molecule has 1 aromatic heterocycles. The Morgan fingerprint density at radius 2 is 1.20 bits per heavy atom. The third kappa shape index (κ3) is 17.9. The quantitative estimate of drug-likeness (QED) is 0.00806. The van der Waals surface area contributed by atoms with Crippen molar-refractivity contribution in [1.29, 1.82) is 0 Å². The molecule has 5 aliphatic heterocycles. The van der Waals surface area contributed by atoms with Crippen LogP contribution < -0.4 is 41.5 Å². The van der Waals surface area contributed by atoms with Crippen molar-refractivity contribution >= 4 is 57.5 Å². The van der Waals surface area contributed by atoms with Gasteiger partial charge in [0.2, 0.25) is 6.29 Å². The third-order valence-corrected chi connectivity index (χ3v) is 19.0. The number of anilines is 1. The molecular weight excluding hydrogens is 1370 g/mol. The number of benzene rings is 6. The highest BCUT2D eigenvalue weighted by Gasteiger charge is 2.45. The van der Waals surface area contributed by atoms with Crippen LogP contribution in [0.2, 0.25) is 0 Å². The fourth-order valence-corrected chi connectivity index (χ4v) is 13.5. The summed E-state index contributed by atoms with van der Waals surface area (Å²) in [6.45, 7) is 3.26. The van der Waals surface area contributed by atoms with E-state index in [1.165, 1.54) is 49.6 Å². The van der Waals surface area contributed by atoms with Crippen molar-refractivity contribution in [2.45, 2.75) is 88.1 Å². The zero-order chi connectivity index (χ0) is 72.7. The number of fused-ring (bicyclic) bond motifs is 6. The van der Waals surface area contributed by atoms with E-state index in [1.807, 2.05) is 87.7 Å². The number of aromatic nitrogens is 1. The maximum atomic E-state index is 14.2. The zero-order valence-corrected chi connectivity index (χ0v) is 58.0. The van der Waals surface area contributed by atoms with E-state index in [9.17, 15) is 43.2 Å². The van der Waals surface area contributed by atoms with E-state index in [2.05, 4.69) is 27.1 Å². The van der Waals surface area contributed by atoms with E-state index in [0.717, 1.165) is 28.4 Å². The Hall–Kier alpha value is -10.2. The van der Waals surface area contributed by atoms with Crippen molar-refractivity contribution in [3.05, 3.63) is 195 Å². The van der Waals surface area contributed by atoms with Gasteiger partial charge in [-0.05, 0) is 102 Å². The maximum absolute atomic E-state index is 14.2. The van der Waals surface area contributed by atoms with Crippen molar-refractivity contribution < 1.29 is 98.8 Å². The minimum atomic E-state index is -5.02. The van der Waals surface area contributed by atoms with Gasteiger partial charge in [-0.15, -0.1) is 8.42 Å². The molecule has 5 aliphatic rings. The summed E-state index contributed by atoms with van der Waals surface area (Å²) in [4.78, 5) is 59.9. The topological polar surface area (TPSA) is 355 Å². The second-order valence-corrected chi connectivity index (χ2v) is 26.1. The summed E-state index contributed by atoms with van der Waals surface area (Å²) >= 11 is 0. The number of hydrogen-bond donors (Lipinski definition) is 4. The van der Waals surface area contributed by atoms with Crippen LogP contribution in [0.15, 0.2) is 155 Å². The van der Waals surface area contributed by atoms with Gasteiger partial charge in [0, 0.05) is 91.1 Å². The molecule has 4 N–H and O–H groups in total. The largest absolute Gasteiger partial charge is 0.501 e. The number of aliphatic hydroxyl groups is 4. The number of carbonyl (C=O) groups is 3. The first-order valence-corrected chi connectivity index (χ1v) is 35.3. The molecule has 29 nitrogen and oxygen atoms in total. The second-order valence-electron chi connectivity index (χ2n) is 25.0. The summed E-state index contributed by atoms with van der Waals surface area (Å²) in [5, 5.41) is 44.8. The number of nitrogens with zero attached hydrogens (tertiary/aromatic N) is 9. The lowest BCUT2D eigenvalue weighted by Crippen LogP contribution is -2.60. The van der Waals surface area contributed by atoms with Crippen LogP contribution in [0, 0.1) is 0 Å². The summed E-state index contributed by atoms with van der Waals surface area (Å²) in [6.07, 6.45) is 0.439. The first-order chi connectivity index (χ1) is 50.6. The number of azide groups is 1. The molecule has 2 unspecified atom stereocenters. The number of rotatable bonds is 34. The molecule has 1 saturated heterocycles.